The summed E-state index contributed by atoms with van der Waals surface area (Å²) < 4.78 is 10.8. The van der Waals surface area contributed by atoms with E-state index >= 15 is 0 Å². The Morgan fingerprint density at radius 1 is 1.50 bits per heavy atom. The standard InChI is InChI=1S/C11H13BrO4/c1-15-6-9(14)7-16-11-3-2-8(5-13)4-10(11)12/h2-5,9,14H,6-7H2,1H3. The van der Waals surface area contributed by atoms with Gasteiger partial charge >= 0.3 is 0 Å². The Hall–Kier alpha value is -0.910. The van der Waals surface area contributed by atoms with E-state index in [0.29, 0.717) is 15.8 Å². The first-order valence-corrected chi connectivity index (χ1v) is 5.51. The highest BCUT2D eigenvalue weighted by atomic mass is 79.9. The fourth-order valence-corrected chi connectivity index (χ4v) is 1.64. The summed E-state index contributed by atoms with van der Waals surface area (Å²) in [4.78, 5) is 10.5. The molecule has 4 nitrogen and oxygen atoms in total. The molecule has 0 aliphatic carbocycles. The summed E-state index contributed by atoms with van der Waals surface area (Å²) in [5.41, 5.74) is 0.566. The van der Waals surface area contributed by atoms with E-state index in [4.69, 9.17) is 9.47 Å². The molecule has 88 valence electrons. The predicted octanol–water partition coefficient (Wildman–Crippen LogP) is 1.65. The lowest BCUT2D eigenvalue weighted by molar-refractivity contribution is 0.0323. The monoisotopic (exact) mass is 288 g/mol. The molecular weight excluding hydrogens is 276 g/mol. The normalized spacial score (nSPS) is 12.2. The van der Waals surface area contributed by atoms with E-state index in [1.54, 1.807) is 18.2 Å². The molecule has 1 N–H and O–H groups in total. The minimum absolute atomic E-state index is 0.146. The van der Waals surface area contributed by atoms with Crippen LogP contribution in [0.25, 0.3) is 0 Å². The molecule has 0 aliphatic rings. The molecule has 0 saturated carbocycles. The Kier molecular flexibility index (Phi) is 5.45. The molecule has 0 saturated heterocycles. The van der Waals surface area contributed by atoms with Gasteiger partial charge in [-0.3, -0.25) is 4.79 Å². The van der Waals surface area contributed by atoms with Crippen molar-refractivity contribution >= 4 is 22.2 Å². The second kappa shape index (κ2) is 6.62. The van der Waals surface area contributed by atoms with Crippen LogP contribution in [0.15, 0.2) is 22.7 Å². The van der Waals surface area contributed by atoms with Crippen molar-refractivity contribution in [1.29, 1.82) is 0 Å². The number of ether oxygens (including phenoxy) is 2. The van der Waals surface area contributed by atoms with Gasteiger partial charge in [0.15, 0.2) is 0 Å². The van der Waals surface area contributed by atoms with Crippen LogP contribution in [-0.2, 0) is 4.74 Å². The average molecular weight is 289 g/mol. The maximum Gasteiger partial charge on any atom is 0.150 e. The lowest BCUT2D eigenvalue weighted by Crippen LogP contribution is -2.22. The van der Waals surface area contributed by atoms with Crippen molar-refractivity contribution in [2.75, 3.05) is 20.3 Å². The summed E-state index contributed by atoms with van der Waals surface area (Å²) in [5, 5.41) is 9.38. The van der Waals surface area contributed by atoms with Gasteiger partial charge in [-0.05, 0) is 34.1 Å². The second-order valence-electron chi connectivity index (χ2n) is 3.23. The second-order valence-corrected chi connectivity index (χ2v) is 4.08. The zero-order valence-corrected chi connectivity index (χ0v) is 10.4. The SMILES string of the molecule is COCC(O)COc1ccc(C=O)cc1Br. The molecule has 0 aliphatic heterocycles. The van der Waals surface area contributed by atoms with E-state index in [2.05, 4.69) is 15.9 Å². The first kappa shape index (κ1) is 13.2. The summed E-state index contributed by atoms with van der Waals surface area (Å²) in [6, 6.07) is 4.98. The van der Waals surface area contributed by atoms with E-state index in [-0.39, 0.29) is 13.2 Å². The molecule has 5 heteroatoms. The largest absolute Gasteiger partial charge is 0.490 e. The van der Waals surface area contributed by atoms with Gasteiger partial charge in [-0.2, -0.15) is 0 Å². The van der Waals surface area contributed by atoms with Crippen LogP contribution in [-0.4, -0.2) is 37.8 Å². The van der Waals surface area contributed by atoms with Gasteiger partial charge in [0.2, 0.25) is 0 Å². The van der Waals surface area contributed by atoms with E-state index < -0.39 is 6.10 Å². The van der Waals surface area contributed by atoms with Gasteiger partial charge in [-0.25, -0.2) is 0 Å². The molecule has 0 fully saturated rings. The third-order valence-electron chi connectivity index (χ3n) is 1.88. The van der Waals surface area contributed by atoms with Gasteiger partial charge < -0.3 is 14.6 Å². The van der Waals surface area contributed by atoms with E-state index in [1.165, 1.54) is 7.11 Å². The number of carbonyl (C=O) groups is 1. The van der Waals surface area contributed by atoms with E-state index in [9.17, 15) is 9.90 Å². The molecule has 1 aromatic carbocycles. The number of rotatable bonds is 6. The fraction of sp³-hybridized carbons (Fsp3) is 0.364. The van der Waals surface area contributed by atoms with Crippen LogP contribution >= 0.6 is 15.9 Å². The average Bonchev–Trinajstić information content (AvgIpc) is 2.27. The predicted molar refractivity (Wildman–Crippen MR) is 62.9 cm³/mol. The topological polar surface area (TPSA) is 55.8 Å². The van der Waals surface area contributed by atoms with Crippen LogP contribution in [0.2, 0.25) is 0 Å². The van der Waals surface area contributed by atoms with Gasteiger partial charge in [0.25, 0.3) is 0 Å². The highest BCUT2D eigenvalue weighted by Gasteiger charge is 2.07. The molecule has 1 atom stereocenters. The molecule has 0 radical (unpaired) electrons. The summed E-state index contributed by atoms with van der Waals surface area (Å²) >= 11 is 3.28. The van der Waals surface area contributed by atoms with Gasteiger partial charge in [-0.1, -0.05) is 0 Å². The summed E-state index contributed by atoms with van der Waals surface area (Å²) in [7, 11) is 1.51. The molecule has 1 rings (SSSR count). The van der Waals surface area contributed by atoms with Gasteiger partial charge in [0.05, 0.1) is 11.1 Å². The van der Waals surface area contributed by atoms with Crippen LogP contribution in [0.4, 0.5) is 0 Å². The highest BCUT2D eigenvalue weighted by molar-refractivity contribution is 9.10. The van der Waals surface area contributed by atoms with Crippen molar-refractivity contribution in [1.82, 2.24) is 0 Å². The molecule has 0 heterocycles. The van der Waals surface area contributed by atoms with E-state index in [1.807, 2.05) is 0 Å². The van der Waals surface area contributed by atoms with Gasteiger partial charge in [0, 0.05) is 12.7 Å². The Morgan fingerprint density at radius 3 is 2.81 bits per heavy atom. The number of halogens is 1. The molecule has 16 heavy (non-hydrogen) atoms. The molecule has 0 aromatic heterocycles. The smallest absolute Gasteiger partial charge is 0.150 e. The summed E-state index contributed by atoms with van der Waals surface area (Å²) in [6.07, 6.45) is 0.0940. The highest BCUT2D eigenvalue weighted by Crippen LogP contribution is 2.25. The Balaban J connectivity index is 2.57. The van der Waals surface area contributed by atoms with Crippen molar-refractivity contribution in [2.24, 2.45) is 0 Å². The van der Waals surface area contributed by atoms with Crippen LogP contribution in [0.1, 0.15) is 10.4 Å². The van der Waals surface area contributed by atoms with Crippen molar-refractivity contribution in [2.45, 2.75) is 6.10 Å². The van der Waals surface area contributed by atoms with E-state index in [0.717, 1.165) is 6.29 Å². The lowest BCUT2D eigenvalue weighted by atomic mass is 10.2. The summed E-state index contributed by atoms with van der Waals surface area (Å²) in [6.45, 7) is 0.372. The number of hydrogen-bond donors (Lipinski definition) is 1. The van der Waals surface area contributed by atoms with Crippen molar-refractivity contribution in [3.05, 3.63) is 28.2 Å². The number of aldehydes is 1. The molecule has 1 aromatic rings. The van der Waals surface area contributed by atoms with Crippen LogP contribution in [0, 0.1) is 0 Å². The van der Waals surface area contributed by atoms with Crippen LogP contribution in [0.3, 0.4) is 0 Å². The fourth-order valence-electron chi connectivity index (χ4n) is 1.13. The zero-order valence-electron chi connectivity index (χ0n) is 8.85. The lowest BCUT2D eigenvalue weighted by Gasteiger charge is -2.12. The minimum Gasteiger partial charge on any atom is -0.490 e. The number of aliphatic hydroxyl groups is 1. The van der Waals surface area contributed by atoms with Crippen molar-refractivity contribution in [3.8, 4) is 5.75 Å². The first-order chi connectivity index (χ1) is 7.67. The Labute approximate surface area is 102 Å². The van der Waals surface area contributed by atoms with Gasteiger partial charge in [0.1, 0.15) is 24.7 Å². The molecule has 1 unspecified atom stereocenters. The van der Waals surface area contributed by atoms with Crippen LogP contribution < -0.4 is 4.74 Å². The zero-order chi connectivity index (χ0) is 12.0. The maximum absolute atomic E-state index is 10.5. The number of aliphatic hydroxyl groups excluding tert-OH is 1. The third kappa shape index (κ3) is 3.92. The quantitative estimate of drug-likeness (QED) is 0.809. The number of hydrogen-bond acceptors (Lipinski definition) is 4. The molecule has 0 spiro atoms. The van der Waals surface area contributed by atoms with Crippen LogP contribution in [0.5, 0.6) is 5.75 Å². The van der Waals surface area contributed by atoms with Crippen molar-refractivity contribution < 1.29 is 19.4 Å². The Bertz CT molecular complexity index is 354. The third-order valence-corrected chi connectivity index (χ3v) is 2.50. The number of methoxy groups -OCH3 is 1. The molecule has 0 bridgehead atoms. The summed E-state index contributed by atoms with van der Waals surface area (Å²) in [5.74, 6) is 0.584. The maximum atomic E-state index is 10.5. The first-order valence-electron chi connectivity index (χ1n) is 4.72. The minimum atomic E-state index is -0.664. The van der Waals surface area contributed by atoms with Crippen molar-refractivity contribution in [3.63, 3.8) is 0 Å². The number of benzene rings is 1. The number of carbonyl (C=O) groups excluding carboxylic acids is 1. The Morgan fingerprint density at radius 2 is 2.25 bits per heavy atom. The van der Waals surface area contributed by atoms with Gasteiger partial charge in [-0.15, -0.1) is 0 Å². The molecule has 0 amide bonds. The molecular formula is C11H13BrO4.